The maximum Gasteiger partial charge on any atom is 0.248 e. The first-order chi connectivity index (χ1) is 19.3. The topological polar surface area (TPSA) is 89.9 Å². The maximum atomic E-state index is 14.0. The minimum Gasteiger partial charge on any atom is -0.361 e. The predicted molar refractivity (Wildman–Crippen MR) is 171 cm³/mol. The zero-order valence-electron chi connectivity index (χ0n) is 24.1. The van der Waals surface area contributed by atoms with Gasteiger partial charge < -0.3 is 9.30 Å². The molecule has 0 saturated heterocycles. The molecule has 214 valence electrons. The van der Waals surface area contributed by atoms with Gasteiger partial charge in [0.05, 0.1) is 28.2 Å². The SMILES string of the molecule is CC1=CC(C)(S(=O)(=O)n2ccc3c(Cc4nc5cc(C#N)ccc5n4COCC[Si](C)(C)C)ccc(Br)c32)CC=C1. The van der Waals surface area contributed by atoms with Gasteiger partial charge in [0.15, 0.2) is 0 Å². The van der Waals surface area contributed by atoms with Crippen molar-refractivity contribution >= 4 is 56.0 Å². The summed E-state index contributed by atoms with van der Waals surface area (Å²) in [4.78, 5) is 4.91. The number of hydrogen-bond donors (Lipinski definition) is 0. The summed E-state index contributed by atoms with van der Waals surface area (Å²) in [7, 11) is -5.00. The van der Waals surface area contributed by atoms with Crippen molar-refractivity contribution in [3.05, 3.63) is 87.8 Å². The van der Waals surface area contributed by atoms with E-state index < -0.39 is 22.8 Å². The lowest BCUT2D eigenvalue weighted by Crippen LogP contribution is -2.38. The number of aromatic nitrogens is 3. The molecule has 10 heteroatoms. The fourth-order valence-electron chi connectivity index (χ4n) is 5.31. The summed E-state index contributed by atoms with van der Waals surface area (Å²) < 4.78 is 37.3. The molecule has 1 atom stereocenters. The molecule has 1 aliphatic rings. The molecule has 0 radical (unpaired) electrons. The van der Waals surface area contributed by atoms with Crippen LogP contribution in [0.4, 0.5) is 0 Å². The van der Waals surface area contributed by atoms with E-state index in [1.165, 1.54) is 3.97 Å². The van der Waals surface area contributed by atoms with E-state index in [0.717, 1.165) is 39.4 Å². The van der Waals surface area contributed by atoms with Gasteiger partial charge in [-0.3, -0.25) is 0 Å². The normalized spacial score (nSPS) is 17.7. The lowest BCUT2D eigenvalue weighted by molar-refractivity contribution is 0.0881. The van der Waals surface area contributed by atoms with Crippen molar-refractivity contribution in [1.29, 1.82) is 5.26 Å². The van der Waals surface area contributed by atoms with Crippen LogP contribution in [-0.2, 0) is 27.9 Å². The van der Waals surface area contributed by atoms with Gasteiger partial charge in [0.25, 0.3) is 0 Å². The lowest BCUT2D eigenvalue weighted by atomic mass is 9.98. The molecular formula is C31H35BrN4O3SSi. The Hall–Kier alpha value is -2.97. The molecule has 1 aliphatic carbocycles. The van der Waals surface area contributed by atoms with Gasteiger partial charge in [-0.25, -0.2) is 17.4 Å². The highest BCUT2D eigenvalue weighted by Crippen LogP contribution is 2.37. The summed E-state index contributed by atoms with van der Waals surface area (Å²) in [6, 6.07) is 14.6. The van der Waals surface area contributed by atoms with E-state index in [0.29, 0.717) is 41.7 Å². The fraction of sp³-hybridized carbons (Fsp3) is 0.355. The molecule has 4 aromatic rings. The predicted octanol–water partition coefficient (Wildman–Crippen LogP) is 7.37. The molecular weight excluding hydrogens is 616 g/mol. The second kappa shape index (κ2) is 11.0. The minimum atomic E-state index is -3.76. The Kier molecular flexibility index (Phi) is 7.94. The average molecular weight is 652 g/mol. The van der Waals surface area contributed by atoms with Crippen LogP contribution in [0.1, 0.15) is 37.2 Å². The smallest absolute Gasteiger partial charge is 0.248 e. The molecule has 7 nitrogen and oxygen atoms in total. The Morgan fingerprint density at radius 3 is 2.68 bits per heavy atom. The summed E-state index contributed by atoms with van der Waals surface area (Å²) in [5.41, 5.74) is 4.70. The fourth-order valence-corrected chi connectivity index (χ4v) is 8.47. The van der Waals surface area contributed by atoms with Gasteiger partial charge in [-0.05, 0) is 78.1 Å². The van der Waals surface area contributed by atoms with Crippen molar-refractivity contribution in [3.8, 4) is 6.07 Å². The molecule has 2 heterocycles. The van der Waals surface area contributed by atoms with Crippen LogP contribution in [0.2, 0.25) is 25.7 Å². The monoisotopic (exact) mass is 650 g/mol. The molecule has 0 aliphatic heterocycles. The van der Waals surface area contributed by atoms with Gasteiger partial charge in [0, 0.05) is 37.2 Å². The van der Waals surface area contributed by atoms with Gasteiger partial charge in [-0.1, -0.05) is 49.5 Å². The first-order valence-electron chi connectivity index (χ1n) is 13.7. The number of nitriles is 1. The Labute approximate surface area is 251 Å². The maximum absolute atomic E-state index is 14.0. The third-order valence-corrected chi connectivity index (χ3v) is 12.3. The summed E-state index contributed by atoms with van der Waals surface area (Å²) in [5, 5.41) is 10.3. The molecule has 0 N–H and O–H groups in total. The first kappa shape index (κ1) is 29.5. The van der Waals surface area contributed by atoms with Gasteiger partial charge >= 0.3 is 0 Å². The second-order valence-electron chi connectivity index (χ2n) is 12.2. The van der Waals surface area contributed by atoms with Crippen LogP contribution in [0.25, 0.3) is 21.9 Å². The average Bonchev–Trinajstić information content (AvgIpc) is 3.50. The number of halogens is 1. The third kappa shape index (κ3) is 5.73. The van der Waals surface area contributed by atoms with Gasteiger partial charge in [0.1, 0.15) is 17.3 Å². The summed E-state index contributed by atoms with van der Waals surface area (Å²) >= 11 is 3.63. The van der Waals surface area contributed by atoms with E-state index in [2.05, 4.69) is 46.2 Å². The highest BCUT2D eigenvalue weighted by Gasteiger charge is 2.39. The number of hydrogen-bond acceptors (Lipinski definition) is 5. The summed E-state index contributed by atoms with van der Waals surface area (Å²) in [6.45, 7) is 11.7. The van der Waals surface area contributed by atoms with Gasteiger partial charge in [-0.15, -0.1) is 0 Å². The Morgan fingerprint density at radius 2 is 1.98 bits per heavy atom. The molecule has 41 heavy (non-hydrogen) atoms. The third-order valence-electron chi connectivity index (χ3n) is 7.66. The number of rotatable bonds is 9. The van der Waals surface area contributed by atoms with Crippen molar-refractivity contribution < 1.29 is 13.2 Å². The highest BCUT2D eigenvalue weighted by molar-refractivity contribution is 9.10. The number of allylic oxidation sites excluding steroid dienone is 3. The number of fused-ring (bicyclic) bond motifs is 2. The molecule has 0 amide bonds. The van der Waals surface area contributed by atoms with E-state index >= 15 is 0 Å². The van der Waals surface area contributed by atoms with E-state index in [9.17, 15) is 13.7 Å². The van der Waals surface area contributed by atoms with Crippen LogP contribution < -0.4 is 0 Å². The van der Waals surface area contributed by atoms with Crippen molar-refractivity contribution in [2.45, 2.75) is 63.9 Å². The van der Waals surface area contributed by atoms with E-state index in [-0.39, 0.29) is 0 Å². The number of ether oxygens (including phenoxy) is 1. The van der Waals surface area contributed by atoms with Crippen LogP contribution in [0.5, 0.6) is 0 Å². The van der Waals surface area contributed by atoms with Crippen LogP contribution in [-0.4, -0.2) is 41.4 Å². The Bertz CT molecular complexity index is 1860. The van der Waals surface area contributed by atoms with Gasteiger partial charge in [0.2, 0.25) is 10.0 Å². The molecule has 1 unspecified atom stereocenters. The molecule has 0 fully saturated rings. The molecule has 0 bridgehead atoms. The van der Waals surface area contributed by atoms with Crippen LogP contribution in [0.15, 0.2) is 70.9 Å². The zero-order valence-corrected chi connectivity index (χ0v) is 27.5. The van der Waals surface area contributed by atoms with Crippen molar-refractivity contribution in [2.24, 2.45) is 0 Å². The molecule has 0 saturated carbocycles. The highest BCUT2D eigenvalue weighted by atomic mass is 79.9. The van der Waals surface area contributed by atoms with E-state index in [1.807, 2.05) is 49.4 Å². The Balaban J connectivity index is 1.55. The summed E-state index contributed by atoms with van der Waals surface area (Å²) in [5.74, 6) is 0.797. The lowest BCUT2D eigenvalue weighted by Gasteiger charge is -2.28. The van der Waals surface area contributed by atoms with Crippen molar-refractivity contribution in [3.63, 3.8) is 0 Å². The number of imidazole rings is 1. The molecule has 2 aromatic heterocycles. The van der Waals surface area contributed by atoms with E-state index in [4.69, 9.17) is 9.72 Å². The Morgan fingerprint density at radius 1 is 1.20 bits per heavy atom. The standard InChI is InChI=1S/C31H35BrN4O3SSi/c1-22-7-6-13-31(2,19-22)40(37,38)36-14-12-25-24(9-10-26(32)30(25)36)18-29-34-27-17-23(20-33)8-11-28(27)35(29)21-39-15-16-41(3,4)5/h6-12,14,17,19H,13,15-16,18,21H2,1-5H3. The van der Waals surface area contributed by atoms with Crippen molar-refractivity contribution in [2.75, 3.05) is 6.61 Å². The van der Waals surface area contributed by atoms with Crippen LogP contribution in [0.3, 0.4) is 0 Å². The van der Waals surface area contributed by atoms with Crippen LogP contribution in [0, 0.1) is 11.3 Å². The number of nitrogens with zero attached hydrogens (tertiary/aromatic N) is 4. The quantitative estimate of drug-likeness (QED) is 0.139. The van der Waals surface area contributed by atoms with Crippen LogP contribution >= 0.6 is 15.9 Å². The molecule has 2 aromatic carbocycles. The summed E-state index contributed by atoms with van der Waals surface area (Å²) in [6.07, 6.45) is 8.26. The molecule has 5 rings (SSSR count). The molecule has 0 spiro atoms. The first-order valence-corrected chi connectivity index (χ1v) is 19.6. The zero-order chi connectivity index (χ0) is 29.6. The van der Waals surface area contributed by atoms with E-state index in [1.54, 1.807) is 25.3 Å². The van der Waals surface area contributed by atoms with Crippen molar-refractivity contribution in [1.82, 2.24) is 13.5 Å². The second-order valence-corrected chi connectivity index (χ2v) is 20.9. The minimum absolute atomic E-state index is 0.356. The van der Waals surface area contributed by atoms with Gasteiger partial charge in [-0.2, -0.15) is 5.26 Å². The number of benzene rings is 2. The largest absolute Gasteiger partial charge is 0.361 e.